The molecule has 0 saturated heterocycles. The second kappa shape index (κ2) is 5.22. The number of halogens is 1. The molecule has 0 aliphatic heterocycles. The first-order valence-electron chi connectivity index (χ1n) is 4.32. The second-order valence-corrected chi connectivity index (χ2v) is 3.23. The van der Waals surface area contributed by atoms with E-state index in [1.165, 1.54) is 0 Å². The van der Waals surface area contributed by atoms with Crippen molar-refractivity contribution in [1.29, 1.82) is 0 Å². The molecule has 1 aromatic carbocycles. The minimum atomic E-state index is -0.0140. The summed E-state index contributed by atoms with van der Waals surface area (Å²) in [5.41, 5.74) is 13.1. The van der Waals surface area contributed by atoms with E-state index in [4.69, 9.17) is 23.1 Å². The zero-order chi connectivity index (χ0) is 11.3. The van der Waals surface area contributed by atoms with E-state index in [-0.39, 0.29) is 5.29 Å². The van der Waals surface area contributed by atoms with Crippen LogP contribution in [0.25, 0.3) is 5.70 Å². The van der Waals surface area contributed by atoms with Crippen LogP contribution in [0.1, 0.15) is 5.56 Å². The molecule has 0 atom stereocenters. The van der Waals surface area contributed by atoms with Gasteiger partial charge in [0.1, 0.15) is 0 Å². The van der Waals surface area contributed by atoms with Crippen LogP contribution in [0.4, 0.5) is 5.69 Å². The maximum Gasteiger partial charge on any atom is 0.193 e. The minimum Gasteiger partial charge on any atom is -0.399 e. The Morgan fingerprint density at radius 2 is 1.93 bits per heavy atom. The number of allylic oxidation sites excluding steroid dienone is 2. The van der Waals surface area contributed by atoms with Crippen LogP contribution in [0.15, 0.2) is 48.0 Å². The van der Waals surface area contributed by atoms with Gasteiger partial charge >= 0.3 is 0 Å². The molecule has 0 aromatic heterocycles. The van der Waals surface area contributed by atoms with Crippen LogP contribution in [-0.2, 0) is 0 Å². The third kappa shape index (κ3) is 3.48. The van der Waals surface area contributed by atoms with Crippen LogP contribution >= 0.6 is 11.6 Å². The Morgan fingerprint density at radius 3 is 2.40 bits per heavy atom. The highest BCUT2D eigenvalue weighted by Gasteiger charge is 1.99. The fraction of sp³-hybridized carbons (Fsp3) is 0. The highest BCUT2D eigenvalue weighted by Crippen LogP contribution is 2.17. The van der Waals surface area contributed by atoms with Gasteiger partial charge in [0, 0.05) is 11.3 Å². The van der Waals surface area contributed by atoms with Gasteiger partial charge in [-0.15, -0.1) is 0 Å². The molecule has 15 heavy (non-hydrogen) atoms. The summed E-state index contributed by atoms with van der Waals surface area (Å²) in [6.45, 7) is 3.60. The van der Waals surface area contributed by atoms with Gasteiger partial charge in [0.15, 0.2) is 5.29 Å². The fourth-order valence-electron chi connectivity index (χ4n) is 1.08. The van der Waals surface area contributed by atoms with Gasteiger partial charge in [0.05, 0.1) is 5.70 Å². The van der Waals surface area contributed by atoms with Crippen LogP contribution in [0, 0.1) is 0 Å². The van der Waals surface area contributed by atoms with Crippen molar-refractivity contribution in [3.05, 3.63) is 48.6 Å². The number of nitrogen functional groups attached to an aromatic ring is 1. The molecular formula is C11H12ClN3. The van der Waals surface area contributed by atoms with E-state index in [1.807, 2.05) is 12.1 Å². The van der Waals surface area contributed by atoms with Crippen LogP contribution < -0.4 is 11.5 Å². The van der Waals surface area contributed by atoms with Crippen LogP contribution in [0.3, 0.4) is 0 Å². The lowest BCUT2D eigenvalue weighted by molar-refractivity contribution is 1.49. The van der Waals surface area contributed by atoms with E-state index in [1.54, 1.807) is 24.3 Å². The van der Waals surface area contributed by atoms with Gasteiger partial charge in [-0.3, -0.25) is 0 Å². The lowest BCUT2D eigenvalue weighted by atomic mass is 10.1. The van der Waals surface area contributed by atoms with Crippen molar-refractivity contribution in [2.24, 2.45) is 10.7 Å². The maximum atomic E-state index is 5.58. The molecule has 0 unspecified atom stereocenters. The number of anilines is 1. The molecule has 4 heteroatoms. The number of hydrogen-bond acceptors (Lipinski definition) is 2. The Hall–Kier alpha value is -1.74. The van der Waals surface area contributed by atoms with Gasteiger partial charge in [-0.25, -0.2) is 4.99 Å². The Labute approximate surface area is 93.8 Å². The van der Waals surface area contributed by atoms with Crippen LogP contribution in [0.2, 0.25) is 0 Å². The molecule has 0 saturated carbocycles. The zero-order valence-electron chi connectivity index (χ0n) is 8.15. The first-order chi connectivity index (χ1) is 7.13. The predicted octanol–water partition coefficient (Wildman–Crippen LogP) is 2.35. The van der Waals surface area contributed by atoms with Crippen LogP contribution in [-0.4, -0.2) is 5.29 Å². The number of benzene rings is 1. The van der Waals surface area contributed by atoms with Crippen molar-refractivity contribution in [3.63, 3.8) is 0 Å². The van der Waals surface area contributed by atoms with Gasteiger partial charge < -0.3 is 11.5 Å². The quantitative estimate of drug-likeness (QED) is 0.271. The molecule has 0 aliphatic rings. The third-order valence-corrected chi connectivity index (χ3v) is 1.79. The summed E-state index contributed by atoms with van der Waals surface area (Å²) < 4.78 is 0. The van der Waals surface area contributed by atoms with E-state index in [9.17, 15) is 0 Å². The summed E-state index contributed by atoms with van der Waals surface area (Å²) >= 11 is 5.52. The molecule has 0 fully saturated rings. The Kier molecular flexibility index (Phi) is 3.94. The molecule has 3 nitrogen and oxygen atoms in total. The van der Waals surface area contributed by atoms with Gasteiger partial charge in [-0.2, -0.15) is 0 Å². The molecule has 4 N–H and O–H groups in total. The fourth-order valence-corrected chi connectivity index (χ4v) is 1.17. The van der Waals surface area contributed by atoms with Gasteiger partial charge in [0.25, 0.3) is 0 Å². The molecule has 0 amide bonds. The number of aliphatic imine (C=N–C) groups is 1. The second-order valence-electron chi connectivity index (χ2n) is 2.84. The largest absolute Gasteiger partial charge is 0.399 e. The SMILES string of the molecule is C=C/C=C(\N=C(/N)Cl)c1ccc(N)cc1. The molecule has 1 rings (SSSR count). The van der Waals surface area contributed by atoms with E-state index < -0.39 is 0 Å². The average molecular weight is 222 g/mol. The number of rotatable bonds is 3. The van der Waals surface area contributed by atoms with Gasteiger partial charge in [-0.1, -0.05) is 24.8 Å². The van der Waals surface area contributed by atoms with Crippen molar-refractivity contribution in [2.45, 2.75) is 0 Å². The predicted molar refractivity (Wildman–Crippen MR) is 66.5 cm³/mol. The van der Waals surface area contributed by atoms with E-state index in [2.05, 4.69) is 11.6 Å². The third-order valence-electron chi connectivity index (χ3n) is 1.71. The summed E-state index contributed by atoms with van der Waals surface area (Å²) in [6.07, 6.45) is 3.34. The summed E-state index contributed by atoms with van der Waals surface area (Å²) in [4.78, 5) is 3.98. The first-order valence-corrected chi connectivity index (χ1v) is 4.69. The molecule has 0 radical (unpaired) electrons. The topological polar surface area (TPSA) is 64.4 Å². The normalized spacial score (nSPS) is 12.6. The smallest absolute Gasteiger partial charge is 0.193 e. The summed E-state index contributed by atoms with van der Waals surface area (Å²) in [6, 6.07) is 7.25. The highest BCUT2D eigenvalue weighted by molar-refractivity contribution is 6.64. The first kappa shape index (κ1) is 11.3. The molecule has 0 aliphatic carbocycles. The van der Waals surface area contributed by atoms with E-state index >= 15 is 0 Å². The summed E-state index contributed by atoms with van der Waals surface area (Å²) in [5, 5.41) is -0.0140. The highest BCUT2D eigenvalue weighted by atomic mass is 35.5. The lowest BCUT2D eigenvalue weighted by Gasteiger charge is -2.02. The minimum absolute atomic E-state index is 0.0140. The molecule has 78 valence electrons. The Balaban J connectivity index is 3.11. The van der Waals surface area contributed by atoms with Crippen molar-refractivity contribution in [3.8, 4) is 0 Å². The standard InChI is InChI=1S/C11H12ClN3/c1-2-3-10(15-11(12)14)8-4-6-9(13)7-5-8/h2-7H,1,13H2,(H2,14,15)/b10-3-. The average Bonchev–Trinajstić information content (AvgIpc) is 2.17. The van der Waals surface area contributed by atoms with Crippen molar-refractivity contribution in [2.75, 3.05) is 5.73 Å². The molecule has 1 aromatic rings. The number of nitrogens with two attached hydrogens (primary N) is 2. The summed E-state index contributed by atoms with van der Waals surface area (Å²) in [5.74, 6) is 0. The van der Waals surface area contributed by atoms with Crippen molar-refractivity contribution >= 4 is 28.3 Å². The molecular weight excluding hydrogens is 210 g/mol. The number of hydrogen-bond donors (Lipinski definition) is 2. The van der Waals surface area contributed by atoms with Gasteiger partial charge in [0.2, 0.25) is 0 Å². The molecule has 0 bridgehead atoms. The van der Waals surface area contributed by atoms with E-state index in [0.29, 0.717) is 11.4 Å². The van der Waals surface area contributed by atoms with Crippen molar-refractivity contribution < 1.29 is 0 Å². The maximum absolute atomic E-state index is 5.58. The Morgan fingerprint density at radius 1 is 1.33 bits per heavy atom. The van der Waals surface area contributed by atoms with Crippen LogP contribution in [0.5, 0.6) is 0 Å². The Bertz CT molecular complexity index is 400. The monoisotopic (exact) mass is 221 g/mol. The van der Waals surface area contributed by atoms with Crippen molar-refractivity contribution in [1.82, 2.24) is 0 Å². The zero-order valence-corrected chi connectivity index (χ0v) is 8.91. The molecule has 0 heterocycles. The number of nitrogens with zero attached hydrogens (tertiary/aromatic N) is 1. The molecule has 0 spiro atoms. The summed E-state index contributed by atoms with van der Waals surface area (Å²) in [7, 11) is 0. The van der Waals surface area contributed by atoms with Gasteiger partial charge in [-0.05, 0) is 29.8 Å². The van der Waals surface area contributed by atoms with E-state index in [0.717, 1.165) is 5.56 Å². The lowest BCUT2D eigenvalue weighted by Crippen LogP contribution is -2.01. The number of amidine groups is 1.